The highest BCUT2D eigenvalue weighted by molar-refractivity contribution is 6.14. The molecule has 0 fully saturated rings. The predicted octanol–water partition coefficient (Wildman–Crippen LogP) is 3.74. The van der Waals surface area contributed by atoms with Crippen LogP contribution in [0.2, 0.25) is 0 Å². The molecule has 0 saturated carbocycles. The van der Waals surface area contributed by atoms with Crippen molar-refractivity contribution in [2.75, 3.05) is 5.73 Å². The van der Waals surface area contributed by atoms with Gasteiger partial charge in [0, 0.05) is 23.5 Å². The van der Waals surface area contributed by atoms with Crippen molar-refractivity contribution in [1.82, 2.24) is 4.98 Å². The van der Waals surface area contributed by atoms with Crippen molar-refractivity contribution in [3.05, 3.63) is 83.7 Å². The molecule has 0 saturated heterocycles. The largest absolute Gasteiger partial charge is 0.457 e. The number of hydrogen-bond acceptors (Lipinski definition) is 5. The van der Waals surface area contributed by atoms with Crippen molar-refractivity contribution in [2.45, 2.75) is 0 Å². The van der Waals surface area contributed by atoms with Gasteiger partial charge >= 0.3 is 0 Å². The van der Waals surface area contributed by atoms with Crippen LogP contribution in [-0.2, 0) is 0 Å². The van der Waals surface area contributed by atoms with Crippen LogP contribution in [0.25, 0.3) is 0 Å². The molecular weight excluding hydrogens is 300 g/mol. The Balaban J connectivity index is 1.83. The van der Waals surface area contributed by atoms with Gasteiger partial charge in [-0.05, 0) is 36.4 Å². The molecule has 116 valence electrons. The van der Waals surface area contributed by atoms with Gasteiger partial charge in [-0.25, -0.2) is 0 Å². The minimum Gasteiger partial charge on any atom is -0.457 e. The van der Waals surface area contributed by atoms with Gasteiger partial charge in [0.05, 0.1) is 17.0 Å². The molecule has 1 heterocycles. The first-order valence-corrected chi connectivity index (χ1v) is 7.25. The summed E-state index contributed by atoms with van der Waals surface area (Å²) in [6, 6.07) is 18.6. The van der Waals surface area contributed by atoms with Gasteiger partial charge in [0.15, 0.2) is 0 Å². The zero-order valence-corrected chi connectivity index (χ0v) is 12.7. The number of para-hydroxylation sites is 1. The Bertz CT molecular complexity index is 912. The van der Waals surface area contributed by atoms with E-state index in [1.54, 1.807) is 24.3 Å². The normalized spacial score (nSPS) is 9.96. The summed E-state index contributed by atoms with van der Waals surface area (Å²) in [5.41, 5.74) is 7.78. The highest BCUT2D eigenvalue weighted by Crippen LogP contribution is 2.23. The number of benzene rings is 2. The first-order valence-electron chi connectivity index (χ1n) is 7.25. The molecule has 24 heavy (non-hydrogen) atoms. The topological polar surface area (TPSA) is 95.8 Å². The SMILES string of the molecule is N#Cc1cncc(C(=N)c2ccc(Oc3ccccc3)cc2)c1N. The van der Waals surface area contributed by atoms with Crippen molar-refractivity contribution in [3.8, 4) is 17.6 Å². The fourth-order valence-corrected chi connectivity index (χ4v) is 2.23. The number of ether oxygens (including phenoxy) is 1. The van der Waals surface area contributed by atoms with Crippen LogP contribution in [-0.4, -0.2) is 10.7 Å². The summed E-state index contributed by atoms with van der Waals surface area (Å²) < 4.78 is 5.73. The quantitative estimate of drug-likeness (QED) is 0.717. The third kappa shape index (κ3) is 3.08. The number of nitrogens with one attached hydrogen (secondary N) is 1. The summed E-state index contributed by atoms with van der Waals surface area (Å²) >= 11 is 0. The fourth-order valence-electron chi connectivity index (χ4n) is 2.23. The summed E-state index contributed by atoms with van der Waals surface area (Å²) in [5.74, 6) is 1.42. The lowest BCUT2D eigenvalue weighted by atomic mass is 10.0. The zero-order valence-electron chi connectivity index (χ0n) is 12.7. The molecule has 0 spiro atoms. The molecule has 0 unspecified atom stereocenters. The number of hydrogen-bond donors (Lipinski definition) is 2. The first kappa shape index (κ1) is 15.3. The molecule has 1 aromatic heterocycles. The van der Waals surface area contributed by atoms with Gasteiger partial charge in [-0.3, -0.25) is 10.4 Å². The minimum absolute atomic E-state index is 0.211. The van der Waals surface area contributed by atoms with E-state index in [1.165, 1.54) is 12.4 Å². The Morgan fingerprint density at radius 2 is 1.67 bits per heavy atom. The lowest BCUT2D eigenvalue weighted by Crippen LogP contribution is -2.07. The maximum Gasteiger partial charge on any atom is 0.127 e. The van der Waals surface area contributed by atoms with Crippen LogP contribution in [0.15, 0.2) is 67.0 Å². The highest BCUT2D eigenvalue weighted by atomic mass is 16.5. The van der Waals surface area contributed by atoms with Gasteiger partial charge in [0.1, 0.15) is 17.6 Å². The van der Waals surface area contributed by atoms with Crippen LogP contribution in [0.3, 0.4) is 0 Å². The van der Waals surface area contributed by atoms with Crippen molar-refractivity contribution in [3.63, 3.8) is 0 Å². The number of rotatable bonds is 4. The summed E-state index contributed by atoms with van der Waals surface area (Å²) in [6.45, 7) is 0. The van der Waals surface area contributed by atoms with Crippen LogP contribution in [0.5, 0.6) is 11.5 Å². The zero-order chi connectivity index (χ0) is 16.9. The van der Waals surface area contributed by atoms with E-state index in [2.05, 4.69) is 4.98 Å². The molecule has 0 aliphatic carbocycles. The number of pyridine rings is 1. The van der Waals surface area contributed by atoms with Crippen molar-refractivity contribution in [1.29, 1.82) is 10.7 Å². The summed E-state index contributed by atoms with van der Waals surface area (Å²) in [5, 5.41) is 17.3. The number of aromatic nitrogens is 1. The average molecular weight is 314 g/mol. The molecule has 0 bridgehead atoms. The van der Waals surface area contributed by atoms with E-state index < -0.39 is 0 Å². The second-order valence-electron chi connectivity index (χ2n) is 5.07. The van der Waals surface area contributed by atoms with E-state index in [0.29, 0.717) is 16.9 Å². The van der Waals surface area contributed by atoms with Gasteiger partial charge in [-0.1, -0.05) is 18.2 Å². The third-order valence-corrected chi connectivity index (χ3v) is 3.50. The average Bonchev–Trinajstić information content (AvgIpc) is 2.63. The Labute approximate surface area is 139 Å². The fraction of sp³-hybridized carbons (Fsp3) is 0. The number of nitrogens with zero attached hydrogens (tertiary/aromatic N) is 2. The predicted molar refractivity (Wildman–Crippen MR) is 92.3 cm³/mol. The van der Waals surface area contributed by atoms with Gasteiger partial charge in [-0.2, -0.15) is 5.26 Å². The van der Waals surface area contributed by atoms with Crippen molar-refractivity contribution >= 4 is 11.4 Å². The molecule has 2 aromatic carbocycles. The number of nitrogen functional groups attached to an aromatic ring is 1. The monoisotopic (exact) mass is 314 g/mol. The van der Waals surface area contributed by atoms with Crippen LogP contribution in [0.4, 0.5) is 5.69 Å². The summed E-state index contributed by atoms with van der Waals surface area (Å²) in [7, 11) is 0. The van der Waals surface area contributed by atoms with E-state index in [-0.39, 0.29) is 17.0 Å². The Morgan fingerprint density at radius 1 is 1.00 bits per heavy atom. The van der Waals surface area contributed by atoms with Crippen LogP contribution in [0.1, 0.15) is 16.7 Å². The number of anilines is 1. The number of nitriles is 1. The van der Waals surface area contributed by atoms with Crippen molar-refractivity contribution in [2.24, 2.45) is 0 Å². The third-order valence-electron chi connectivity index (χ3n) is 3.50. The van der Waals surface area contributed by atoms with E-state index in [0.717, 1.165) is 5.75 Å². The first-order chi connectivity index (χ1) is 11.7. The Hall–Kier alpha value is -3.65. The summed E-state index contributed by atoms with van der Waals surface area (Å²) in [4.78, 5) is 3.97. The standard InChI is InChI=1S/C19H14N4O/c20-10-14-11-23-12-17(19(14)22)18(21)13-6-8-16(9-7-13)24-15-4-2-1-3-5-15/h1-9,11-12,21H,(H2,22,23). The van der Waals surface area contributed by atoms with Gasteiger partial charge in [-0.15, -0.1) is 0 Å². The molecule has 0 atom stereocenters. The smallest absolute Gasteiger partial charge is 0.127 e. The molecular formula is C19H14N4O. The van der Waals surface area contributed by atoms with Crippen molar-refractivity contribution < 1.29 is 4.74 Å². The number of nitrogens with two attached hydrogens (primary N) is 1. The molecule has 0 aliphatic heterocycles. The van der Waals surface area contributed by atoms with Crippen LogP contribution >= 0.6 is 0 Å². The minimum atomic E-state index is 0.211. The van der Waals surface area contributed by atoms with Gasteiger partial charge in [0.25, 0.3) is 0 Å². The second kappa shape index (κ2) is 6.63. The maximum atomic E-state index is 9.01. The van der Waals surface area contributed by atoms with Gasteiger partial charge < -0.3 is 10.5 Å². The van der Waals surface area contributed by atoms with E-state index in [4.69, 9.17) is 21.1 Å². The highest BCUT2D eigenvalue weighted by Gasteiger charge is 2.12. The van der Waals surface area contributed by atoms with Crippen LogP contribution < -0.4 is 10.5 Å². The van der Waals surface area contributed by atoms with Crippen LogP contribution in [0, 0.1) is 16.7 Å². The molecule has 0 aliphatic rings. The molecule has 0 radical (unpaired) electrons. The Kier molecular flexibility index (Phi) is 4.21. The maximum absolute atomic E-state index is 9.01. The molecule has 5 nitrogen and oxygen atoms in total. The van der Waals surface area contributed by atoms with Gasteiger partial charge in [0.2, 0.25) is 0 Å². The molecule has 3 N–H and O–H groups in total. The second-order valence-corrected chi connectivity index (χ2v) is 5.07. The lowest BCUT2D eigenvalue weighted by molar-refractivity contribution is 0.482. The molecule has 3 rings (SSSR count). The van der Waals surface area contributed by atoms with E-state index >= 15 is 0 Å². The molecule has 0 amide bonds. The van der Waals surface area contributed by atoms with E-state index in [9.17, 15) is 0 Å². The molecule has 5 heteroatoms. The lowest BCUT2D eigenvalue weighted by Gasteiger charge is -2.10. The molecule has 3 aromatic rings. The Morgan fingerprint density at radius 3 is 2.33 bits per heavy atom. The summed E-state index contributed by atoms with van der Waals surface area (Å²) in [6.07, 6.45) is 2.88. The van der Waals surface area contributed by atoms with E-state index in [1.807, 2.05) is 36.4 Å².